The first-order valence-electron chi connectivity index (χ1n) is 8.35. The molecule has 2 rings (SSSR count). The van der Waals surface area contributed by atoms with Crippen molar-refractivity contribution >= 4 is 11.9 Å². The molecule has 1 aromatic carbocycles. The summed E-state index contributed by atoms with van der Waals surface area (Å²) < 4.78 is 0. The van der Waals surface area contributed by atoms with Crippen LogP contribution in [0.5, 0.6) is 0 Å². The van der Waals surface area contributed by atoms with Crippen molar-refractivity contribution in [3.05, 3.63) is 48.6 Å². The van der Waals surface area contributed by atoms with Crippen LogP contribution in [0.15, 0.2) is 43.0 Å². The lowest BCUT2D eigenvalue weighted by atomic mass is 10.1. The summed E-state index contributed by atoms with van der Waals surface area (Å²) in [4.78, 5) is 28.7. The molecule has 6 heteroatoms. The molecule has 1 aliphatic heterocycles. The standard InChI is InChI=1S/C18H26N4O2/c1-3-10-21-11-12-22(18(24)19-4-2)16(14-21)17(23)20-13-15-8-6-5-7-9-15/h3,5-9,16H,1,4,10-14H2,2H3,(H,19,24)(H,20,23). The predicted octanol–water partition coefficient (Wildman–Crippen LogP) is 1.20. The van der Waals surface area contributed by atoms with E-state index in [-0.39, 0.29) is 11.9 Å². The van der Waals surface area contributed by atoms with Crippen LogP contribution in [0.3, 0.4) is 0 Å². The third-order valence-electron chi connectivity index (χ3n) is 4.05. The lowest BCUT2D eigenvalue weighted by molar-refractivity contribution is -0.127. The predicted molar refractivity (Wildman–Crippen MR) is 94.5 cm³/mol. The zero-order chi connectivity index (χ0) is 17.4. The zero-order valence-electron chi connectivity index (χ0n) is 14.2. The van der Waals surface area contributed by atoms with Crippen molar-refractivity contribution in [1.29, 1.82) is 0 Å². The van der Waals surface area contributed by atoms with Gasteiger partial charge in [-0.2, -0.15) is 0 Å². The molecule has 6 nitrogen and oxygen atoms in total. The number of hydrogen-bond acceptors (Lipinski definition) is 3. The molecule has 1 fully saturated rings. The minimum Gasteiger partial charge on any atom is -0.350 e. The Kier molecular flexibility index (Phi) is 6.81. The van der Waals surface area contributed by atoms with Gasteiger partial charge >= 0.3 is 6.03 Å². The molecule has 2 N–H and O–H groups in total. The summed E-state index contributed by atoms with van der Waals surface area (Å²) >= 11 is 0. The first kappa shape index (κ1) is 18.0. The second-order valence-electron chi connectivity index (χ2n) is 5.80. The highest BCUT2D eigenvalue weighted by Crippen LogP contribution is 2.11. The van der Waals surface area contributed by atoms with Crippen LogP contribution in [0.4, 0.5) is 4.79 Å². The van der Waals surface area contributed by atoms with Crippen LogP contribution in [0.25, 0.3) is 0 Å². The molecule has 0 aliphatic carbocycles. The number of hydrogen-bond donors (Lipinski definition) is 2. The summed E-state index contributed by atoms with van der Waals surface area (Å²) in [6, 6.07) is 9.07. The van der Waals surface area contributed by atoms with Crippen molar-refractivity contribution < 1.29 is 9.59 Å². The highest BCUT2D eigenvalue weighted by Gasteiger charge is 2.34. The lowest BCUT2D eigenvalue weighted by Crippen LogP contribution is -2.62. The van der Waals surface area contributed by atoms with Crippen molar-refractivity contribution in [3.63, 3.8) is 0 Å². The van der Waals surface area contributed by atoms with E-state index in [9.17, 15) is 9.59 Å². The second kappa shape index (κ2) is 9.08. The van der Waals surface area contributed by atoms with Gasteiger partial charge in [-0.25, -0.2) is 4.79 Å². The van der Waals surface area contributed by atoms with E-state index in [0.717, 1.165) is 12.1 Å². The normalized spacial score (nSPS) is 18.0. The molecule has 0 saturated carbocycles. The van der Waals surface area contributed by atoms with E-state index >= 15 is 0 Å². The van der Waals surface area contributed by atoms with Gasteiger partial charge in [-0.15, -0.1) is 6.58 Å². The summed E-state index contributed by atoms with van der Waals surface area (Å²) in [5.74, 6) is -0.126. The number of rotatable bonds is 6. The van der Waals surface area contributed by atoms with Gasteiger partial charge in [0.25, 0.3) is 0 Å². The molecular formula is C18H26N4O2. The molecule has 1 aromatic rings. The van der Waals surface area contributed by atoms with Crippen LogP contribution in [0.1, 0.15) is 12.5 Å². The molecule has 0 bridgehead atoms. The fourth-order valence-corrected chi connectivity index (χ4v) is 2.81. The van der Waals surface area contributed by atoms with Crippen LogP contribution in [0.2, 0.25) is 0 Å². The quantitative estimate of drug-likeness (QED) is 0.771. The number of piperazine rings is 1. The second-order valence-corrected chi connectivity index (χ2v) is 5.80. The Hall–Kier alpha value is -2.34. The molecule has 1 atom stereocenters. The molecule has 3 amide bonds. The fraction of sp³-hybridized carbons (Fsp3) is 0.444. The minimum absolute atomic E-state index is 0.126. The molecule has 0 aromatic heterocycles. The number of carbonyl (C=O) groups excluding carboxylic acids is 2. The topological polar surface area (TPSA) is 64.7 Å². The highest BCUT2D eigenvalue weighted by molar-refractivity contribution is 5.87. The van der Waals surface area contributed by atoms with Crippen molar-refractivity contribution in [3.8, 4) is 0 Å². The van der Waals surface area contributed by atoms with E-state index in [1.54, 1.807) is 4.90 Å². The summed E-state index contributed by atoms with van der Waals surface area (Å²) in [5, 5.41) is 5.73. The van der Waals surface area contributed by atoms with Gasteiger partial charge in [0.2, 0.25) is 5.91 Å². The van der Waals surface area contributed by atoms with Gasteiger partial charge < -0.3 is 15.5 Å². The third kappa shape index (κ3) is 4.83. The Labute approximate surface area is 143 Å². The first-order chi connectivity index (χ1) is 11.7. The number of nitrogens with one attached hydrogen (secondary N) is 2. The Morgan fingerprint density at radius 3 is 2.67 bits per heavy atom. The average molecular weight is 330 g/mol. The van der Waals surface area contributed by atoms with E-state index in [1.807, 2.05) is 43.3 Å². The Balaban J connectivity index is 2.02. The smallest absolute Gasteiger partial charge is 0.318 e. The zero-order valence-corrected chi connectivity index (χ0v) is 14.2. The Bertz CT molecular complexity index is 561. The molecule has 1 aliphatic rings. The van der Waals surface area contributed by atoms with Crippen molar-refractivity contribution in [1.82, 2.24) is 20.4 Å². The van der Waals surface area contributed by atoms with Crippen LogP contribution in [0, 0.1) is 0 Å². The summed E-state index contributed by atoms with van der Waals surface area (Å²) in [6.07, 6.45) is 1.82. The number of carbonyl (C=O) groups is 2. The van der Waals surface area contributed by atoms with Gasteiger partial charge in [-0.05, 0) is 12.5 Å². The van der Waals surface area contributed by atoms with Crippen LogP contribution < -0.4 is 10.6 Å². The molecule has 1 unspecified atom stereocenters. The van der Waals surface area contributed by atoms with E-state index in [1.165, 1.54) is 0 Å². The maximum absolute atomic E-state index is 12.7. The molecule has 1 saturated heterocycles. The van der Waals surface area contributed by atoms with Crippen LogP contribution >= 0.6 is 0 Å². The SMILES string of the molecule is C=CCN1CCN(C(=O)NCC)C(C(=O)NCc2ccccc2)C1. The third-order valence-corrected chi connectivity index (χ3v) is 4.05. The summed E-state index contributed by atoms with van der Waals surface area (Å²) in [6.45, 7) is 9.13. The van der Waals surface area contributed by atoms with Gasteiger partial charge in [0.15, 0.2) is 0 Å². The molecule has 1 heterocycles. The average Bonchev–Trinajstić information content (AvgIpc) is 2.61. The number of urea groups is 1. The van der Waals surface area contributed by atoms with Gasteiger partial charge in [-0.1, -0.05) is 36.4 Å². The maximum atomic E-state index is 12.7. The van der Waals surface area contributed by atoms with E-state index in [0.29, 0.717) is 32.7 Å². The number of amides is 3. The first-order valence-corrected chi connectivity index (χ1v) is 8.35. The molecule has 0 spiro atoms. The van der Waals surface area contributed by atoms with Gasteiger partial charge in [0.1, 0.15) is 6.04 Å². The van der Waals surface area contributed by atoms with E-state index in [4.69, 9.17) is 0 Å². The summed E-state index contributed by atoms with van der Waals surface area (Å²) in [5.41, 5.74) is 1.04. The molecular weight excluding hydrogens is 304 g/mol. The lowest BCUT2D eigenvalue weighted by Gasteiger charge is -2.40. The van der Waals surface area contributed by atoms with Gasteiger partial charge in [-0.3, -0.25) is 9.69 Å². The maximum Gasteiger partial charge on any atom is 0.318 e. The monoisotopic (exact) mass is 330 g/mol. The Morgan fingerprint density at radius 1 is 1.25 bits per heavy atom. The summed E-state index contributed by atoms with van der Waals surface area (Å²) in [7, 11) is 0. The van der Waals surface area contributed by atoms with Gasteiger partial charge in [0, 0.05) is 39.3 Å². The van der Waals surface area contributed by atoms with E-state index < -0.39 is 6.04 Å². The highest BCUT2D eigenvalue weighted by atomic mass is 16.2. The molecule has 130 valence electrons. The van der Waals surface area contributed by atoms with Crippen LogP contribution in [-0.2, 0) is 11.3 Å². The van der Waals surface area contributed by atoms with Crippen molar-refractivity contribution in [2.75, 3.05) is 32.7 Å². The van der Waals surface area contributed by atoms with Crippen molar-refractivity contribution in [2.24, 2.45) is 0 Å². The number of nitrogens with zero attached hydrogens (tertiary/aromatic N) is 2. The minimum atomic E-state index is -0.492. The van der Waals surface area contributed by atoms with Crippen LogP contribution in [-0.4, -0.2) is 60.5 Å². The van der Waals surface area contributed by atoms with Crippen molar-refractivity contribution in [2.45, 2.75) is 19.5 Å². The molecule has 24 heavy (non-hydrogen) atoms. The van der Waals surface area contributed by atoms with Gasteiger partial charge in [0.05, 0.1) is 0 Å². The number of benzene rings is 1. The van der Waals surface area contributed by atoms with E-state index in [2.05, 4.69) is 22.1 Å². The largest absolute Gasteiger partial charge is 0.350 e. The fourth-order valence-electron chi connectivity index (χ4n) is 2.81. The Morgan fingerprint density at radius 2 is 2.00 bits per heavy atom. The molecule has 0 radical (unpaired) electrons.